The number of alkyl halides is 1. The highest BCUT2D eigenvalue weighted by Gasteiger charge is 2.31. The predicted octanol–water partition coefficient (Wildman–Crippen LogP) is 0.785. The second kappa shape index (κ2) is 1.58. The molecule has 1 atom stereocenters. The van der Waals surface area contributed by atoms with Crippen LogP contribution in [0.1, 0.15) is 6.42 Å². The lowest BCUT2D eigenvalue weighted by atomic mass is 10.3. The van der Waals surface area contributed by atoms with E-state index in [-0.39, 0.29) is 12.7 Å². The van der Waals surface area contributed by atoms with Crippen LogP contribution in [0.15, 0.2) is 12.3 Å². The van der Waals surface area contributed by atoms with Crippen molar-refractivity contribution in [2.75, 3.05) is 0 Å². The van der Waals surface area contributed by atoms with E-state index in [0.717, 1.165) is 0 Å². The molecule has 0 fully saturated rings. The fraction of sp³-hybridized carbons (Fsp3) is 0.400. The fourth-order valence-electron chi connectivity index (χ4n) is 0.494. The minimum absolute atomic E-state index is 0.0382. The lowest BCUT2D eigenvalue weighted by Gasteiger charge is -2.08. The molecule has 1 unspecified atom stereocenters. The van der Waals surface area contributed by atoms with E-state index in [0.29, 0.717) is 0 Å². The highest BCUT2D eigenvalue weighted by Crippen LogP contribution is 2.21. The van der Waals surface area contributed by atoms with E-state index in [2.05, 4.69) is 4.74 Å². The molecule has 0 aromatic rings. The normalized spacial score (nSPS) is 34.6. The van der Waals surface area contributed by atoms with Gasteiger partial charge in [0.2, 0.25) is 0 Å². The Hall–Kier alpha value is -0.860. The van der Waals surface area contributed by atoms with Gasteiger partial charge < -0.3 is 4.74 Å². The highest BCUT2D eigenvalue weighted by molar-refractivity contribution is 5.61. The fourth-order valence-corrected chi connectivity index (χ4v) is 0.494. The molecule has 3 heteroatoms. The van der Waals surface area contributed by atoms with Crippen molar-refractivity contribution >= 4 is 6.29 Å². The van der Waals surface area contributed by atoms with Crippen LogP contribution in [0.4, 0.5) is 4.39 Å². The van der Waals surface area contributed by atoms with E-state index in [1.807, 2.05) is 0 Å². The maximum Gasteiger partial charge on any atom is 0.306 e. The average Bonchev–Trinajstić information content (AvgIpc) is 2.17. The van der Waals surface area contributed by atoms with E-state index in [4.69, 9.17) is 0 Å². The molecule has 0 saturated heterocycles. The van der Waals surface area contributed by atoms with Crippen LogP contribution >= 0.6 is 0 Å². The Bertz CT molecular complexity index is 122. The van der Waals surface area contributed by atoms with Crippen molar-refractivity contribution in [1.29, 1.82) is 0 Å². The SMILES string of the molecule is O=CC1(F)CC=CO1. The molecule has 1 heterocycles. The number of halogens is 1. The zero-order valence-corrected chi connectivity index (χ0v) is 4.13. The van der Waals surface area contributed by atoms with Crippen molar-refractivity contribution in [3.63, 3.8) is 0 Å². The lowest BCUT2D eigenvalue weighted by Crippen LogP contribution is -2.21. The second-order valence-electron chi connectivity index (χ2n) is 1.60. The average molecular weight is 116 g/mol. The monoisotopic (exact) mass is 116 g/mol. The molecule has 44 valence electrons. The van der Waals surface area contributed by atoms with Crippen LogP contribution in [-0.2, 0) is 9.53 Å². The van der Waals surface area contributed by atoms with Crippen LogP contribution in [0.5, 0.6) is 0 Å². The lowest BCUT2D eigenvalue weighted by molar-refractivity contribution is -0.140. The van der Waals surface area contributed by atoms with Crippen LogP contribution in [0.25, 0.3) is 0 Å². The number of ether oxygens (including phenoxy) is 1. The van der Waals surface area contributed by atoms with Gasteiger partial charge in [0.1, 0.15) is 0 Å². The maximum absolute atomic E-state index is 12.4. The molecule has 0 aromatic heterocycles. The van der Waals surface area contributed by atoms with Crippen molar-refractivity contribution in [1.82, 2.24) is 0 Å². The predicted molar refractivity (Wildman–Crippen MR) is 24.7 cm³/mol. The van der Waals surface area contributed by atoms with Crippen LogP contribution in [-0.4, -0.2) is 12.1 Å². The quantitative estimate of drug-likeness (QED) is 0.473. The first-order valence-electron chi connectivity index (χ1n) is 2.25. The summed E-state index contributed by atoms with van der Waals surface area (Å²) in [5.74, 6) is -2.06. The molecule has 0 aromatic carbocycles. The molecule has 0 spiro atoms. The van der Waals surface area contributed by atoms with Gasteiger partial charge in [0, 0.05) is 6.42 Å². The summed E-state index contributed by atoms with van der Waals surface area (Å²) < 4.78 is 16.7. The number of hydrogen-bond acceptors (Lipinski definition) is 2. The van der Waals surface area contributed by atoms with Crippen LogP contribution in [0.2, 0.25) is 0 Å². The summed E-state index contributed by atoms with van der Waals surface area (Å²) in [5.41, 5.74) is 0. The Balaban J connectivity index is 2.58. The Morgan fingerprint density at radius 1 is 1.88 bits per heavy atom. The molecule has 0 N–H and O–H groups in total. The highest BCUT2D eigenvalue weighted by atomic mass is 19.2. The second-order valence-corrected chi connectivity index (χ2v) is 1.60. The van der Waals surface area contributed by atoms with Gasteiger partial charge in [-0.25, -0.2) is 0 Å². The maximum atomic E-state index is 12.4. The third-order valence-electron chi connectivity index (χ3n) is 0.932. The van der Waals surface area contributed by atoms with Gasteiger partial charge in [-0.05, 0) is 6.08 Å². The summed E-state index contributed by atoms with van der Waals surface area (Å²) in [5, 5.41) is 0. The van der Waals surface area contributed by atoms with Gasteiger partial charge in [0.25, 0.3) is 0 Å². The molecule has 0 aliphatic carbocycles. The van der Waals surface area contributed by atoms with Crippen LogP contribution < -0.4 is 0 Å². The molecular formula is C5H5FO2. The third-order valence-corrected chi connectivity index (χ3v) is 0.932. The van der Waals surface area contributed by atoms with Gasteiger partial charge in [0.15, 0.2) is 6.29 Å². The van der Waals surface area contributed by atoms with Crippen molar-refractivity contribution in [2.45, 2.75) is 12.3 Å². The molecule has 8 heavy (non-hydrogen) atoms. The van der Waals surface area contributed by atoms with Gasteiger partial charge in [0.05, 0.1) is 6.26 Å². The van der Waals surface area contributed by atoms with Gasteiger partial charge in [-0.15, -0.1) is 0 Å². The largest absolute Gasteiger partial charge is 0.459 e. The number of carbonyl (C=O) groups is 1. The summed E-state index contributed by atoms with van der Waals surface area (Å²) in [4.78, 5) is 9.79. The van der Waals surface area contributed by atoms with Crippen molar-refractivity contribution in [2.24, 2.45) is 0 Å². The van der Waals surface area contributed by atoms with Crippen LogP contribution in [0, 0.1) is 0 Å². The number of rotatable bonds is 1. The van der Waals surface area contributed by atoms with E-state index in [9.17, 15) is 9.18 Å². The molecule has 1 aliphatic heterocycles. The summed E-state index contributed by atoms with van der Waals surface area (Å²) in [6.07, 6.45) is 2.85. The zero-order valence-electron chi connectivity index (χ0n) is 4.13. The summed E-state index contributed by atoms with van der Waals surface area (Å²) >= 11 is 0. The molecule has 1 rings (SSSR count). The van der Waals surface area contributed by atoms with E-state index >= 15 is 0 Å². The molecule has 1 aliphatic rings. The standard InChI is InChI=1S/C5H5FO2/c6-5(4-7)2-1-3-8-5/h1,3-4H,2H2. The van der Waals surface area contributed by atoms with Gasteiger partial charge in [-0.3, -0.25) is 4.79 Å². The van der Waals surface area contributed by atoms with Gasteiger partial charge in [-0.2, -0.15) is 4.39 Å². The number of aldehydes is 1. The molecule has 0 saturated carbocycles. The Labute approximate surface area is 45.9 Å². The van der Waals surface area contributed by atoms with Crippen molar-refractivity contribution in [3.8, 4) is 0 Å². The van der Waals surface area contributed by atoms with E-state index in [1.165, 1.54) is 12.3 Å². The van der Waals surface area contributed by atoms with Gasteiger partial charge in [-0.1, -0.05) is 0 Å². The smallest absolute Gasteiger partial charge is 0.306 e. The first kappa shape index (κ1) is 5.28. The molecular weight excluding hydrogens is 111 g/mol. The first-order valence-corrected chi connectivity index (χ1v) is 2.25. The van der Waals surface area contributed by atoms with Crippen molar-refractivity contribution in [3.05, 3.63) is 12.3 Å². The Morgan fingerprint density at radius 2 is 2.62 bits per heavy atom. The summed E-state index contributed by atoms with van der Waals surface area (Å²) in [7, 11) is 0. The van der Waals surface area contributed by atoms with Crippen molar-refractivity contribution < 1.29 is 13.9 Å². The zero-order chi connectivity index (χ0) is 6.04. The summed E-state index contributed by atoms with van der Waals surface area (Å²) in [6.45, 7) is 0. The topological polar surface area (TPSA) is 26.3 Å². The first-order chi connectivity index (χ1) is 3.77. The van der Waals surface area contributed by atoms with E-state index in [1.54, 1.807) is 0 Å². The van der Waals surface area contributed by atoms with E-state index < -0.39 is 5.85 Å². The minimum Gasteiger partial charge on any atom is -0.459 e. The molecule has 0 bridgehead atoms. The van der Waals surface area contributed by atoms with Crippen LogP contribution in [0.3, 0.4) is 0 Å². The molecule has 2 nitrogen and oxygen atoms in total. The molecule has 0 radical (unpaired) electrons. The third kappa shape index (κ3) is 0.710. The van der Waals surface area contributed by atoms with Gasteiger partial charge >= 0.3 is 5.85 Å². The minimum atomic E-state index is -2.06. The number of hydrogen-bond donors (Lipinski definition) is 0. The summed E-state index contributed by atoms with van der Waals surface area (Å²) in [6, 6.07) is 0. The Kier molecular flexibility index (Phi) is 1.04. The molecule has 0 amide bonds. The number of carbonyl (C=O) groups excluding carboxylic acids is 1. The Morgan fingerprint density at radius 3 is 2.88 bits per heavy atom.